The number of rotatable bonds is 4. The summed E-state index contributed by atoms with van der Waals surface area (Å²) in [6, 6.07) is 2.28. The lowest BCUT2D eigenvalue weighted by Gasteiger charge is -2.31. The van der Waals surface area contributed by atoms with Crippen molar-refractivity contribution in [3.05, 3.63) is 37.7 Å². The van der Waals surface area contributed by atoms with Gasteiger partial charge in [-0.2, -0.15) is 0 Å². The van der Waals surface area contributed by atoms with Crippen LogP contribution in [0.3, 0.4) is 0 Å². The predicted molar refractivity (Wildman–Crippen MR) is 118 cm³/mol. The third-order valence-electron chi connectivity index (χ3n) is 5.70. The molecule has 1 fully saturated rings. The van der Waals surface area contributed by atoms with Gasteiger partial charge in [0, 0.05) is 26.7 Å². The maximum absolute atomic E-state index is 11.8. The molecule has 1 aliphatic rings. The van der Waals surface area contributed by atoms with Gasteiger partial charge >= 0.3 is 6.03 Å². The Morgan fingerprint density at radius 2 is 2.14 bits per heavy atom. The van der Waals surface area contributed by atoms with Gasteiger partial charge in [0.05, 0.1) is 15.2 Å². The van der Waals surface area contributed by atoms with Crippen LogP contribution >= 0.6 is 11.3 Å². The summed E-state index contributed by atoms with van der Waals surface area (Å²) in [5.41, 5.74) is 0. The van der Waals surface area contributed by atoms with Crippen molar-refractivity contribution in [1.29, 1.82) is 0 Å². The SMILES string of the molecule is C=c1ccs/c1=c1/c(=C\C)nc([C@@H](C)O)n1C1CCC(CNC(=O)N(C)C)CC1. The van der Waals surface area contributed by atoms with E-state index < -0.39 is 6.10 Å². The quantitative estimate of drug-likeness (QED) is 0.805. The fourth-order valence-corrected chi connectivity index (χ4v) is 5.00. The molecule has 2 heterocycles. The molecule has 2 aromatic rings. The number of nitrogens with one attached hydrogen (secondary N) is 1. The highest BCUT2D eigenvalue weighted by Crippen LogP contribution is 2.33. The first-order valence-electron chi connectivity index (χ1n) is 10.3. The van der Waals surface area contributed by atoms with Crippen LogP contribution in [0.15, 0.2) is 11.4 Å². The van der Waals surface area contributed by atoms with Crippen LogP contribution in [0.25, 0.3) is 12.7 Å². The monoisotopic (exact) mass is 416 g/mol. The number of thiophene rings is 1. The van der Waals surface area contributed by atoms with Crippen LogP contribution in [0.5, 0.6) is 0 Å². The number of aromatic nitrogens is 2. The first kappa shape index (κ1) is 21.6. The second-order valence-electron chi connectivity index (χ2n) is 8.07. The molecule has 0 radical (unpaired) electrons. The van der Waals surface area contributed by atoms with Gasteiger partial charge < -0.3 is 19.9 Å². The first-order valence-corrected chi connectivity index (χ1v) is 11.2. The van der Waals surface area contributed by atoms with Crippen molar-refractivity contribution in [3.8, 4) is 0 Å². The molecule has 1 aliphatic carbocycles. The Labute approximate surface area is 175 Å². The molecule has 0 aliphatic heterocycles. The number of nitrogens with zero attached hydrogens (tertiary/aromatic N) is 3. The fraction of sp³-hybridized carbons (Fsp3) is 0.545. The third kappa shape index (κ3) is 4.56. The summed E-state index contributed by atoms with van der Waals surface area (Å²) in [6.45, 7) is 8.67. The average Bonchev–Trinajstić information content (AvgIpc) is 3.29. The molecule has 0 unspecified atom stereocenters. The molecule has 0 aromatic carbocycles. The van der Waals surface area contributed by atoms with Gasteiger partial charge in [0.1, 0.15) is 11.9 Å². The summed E-state index contributed by atoms with van der Waals surface area (Å²) in [5.74, 6) is 1.21. The Hall–Kier alpha value is -2.12. The van der Waals surface area contributed by atoms with Crippen LogP contribution in [-0.2, 0) is 0 Å². The van der Waals surface area contributed by atoms with Crippen LogP contribution < -0.4 is 15.9 Å². The van der Waals surface area contributed by atoms with Crippen molar-refractivity contribution in [2.24, 2.45) is 5.92 Å². The number of aliphatic hydroxyl groups is 1. The van der Waals surface area contributed by atoms with Crippen molar-refractivity contribution in [3.63, 3.8) is 0 Å². The van der Waals surface area contributed by atoms with E-state index in [1.807, 2.05) is 19.1 Å². The highest BCUT2D eigenvalue weighted by Gasteiger charge is 2.27. The number of hydrogen-bond donors (Lipinski definition) is 2. The molecular weight excluding hydrogens is 384 g/mol. The molecule has 7 heteroatoms. The van der Waals surface area contributed by atoms with Crippen LogP contribution in [0.2, 0.25) is 0 Å². The van der Waals surface area contributed by atoms with E-state index in [-0.39, 0.29) is 12.1 Å². The van der Waals surface area contributed by atoms with Crippen LogP contribution in [0, 0.1) is 15.8 Å². The second kappa shape index (κ2) is 9.13. The maximum atomic E-state index is 11.8. The summed E-state index contributed by atoms with van der Waals surface area (Å²) >= 11 is 1.67. The van der Waals surface area contributed by atoms with Crippen LogP contribution in [0.1, 0.15) is 57.5 Å². The molecule has 1 atom stereocenters. The minimum absolute atomic E-state index is 0.0378. The lowest BCUT2D eigenvalue weighted by molar-refractivity contribution is 0.172. The summed E-state index contributed by atoms with van der Waals surface area (Å²) < 4.78 is 3.38. The summed E-state index contributed by atoms with van der Waals surface area (Å²) in [4.78, 5) is 18.1. The van der Waals surface area contributed by atoms with Crippen molar-refractivity contribution in [2.45, 2.75) is 51.7 Å². The molecule has 6 nitrogen and oxygen atoms in total. The standard InChI is InChI=1S/C22H32N4O2S/c1-6-18-19(20-14(2)11-12-29-20)26(21(24-18)15(3)27)17-9-7-16(8-10-17)13-23-22(28)25(4)5/h6,11-12,15-17,27H,2,7-10,13H2,1,3-5H3,(H,23,28)/b18-6+,20-19-/t15-,16?,17?/m1/s1. The highest BCUT2D eigenvalue weighted by atomic mass is 32.1. The molecule has 29 heavy (non-hydrogen) atoms. The summed E-state index contributed by atoms with van der Waals surface area (Å²) in [6.07, 6.45) is 5.48. The molecule has 1 saturated carbocycles. The van der Waals surface area contributed by atoms with Crippen molar-refractivity contribution < 1.29 is 9.90 Å². The zero-order valence-electron chi connectivity index (χ0n) is 17.8. The molecule has 2 N–H and O–H groups in total. The number of urea groups is 1. The van der Waals surface area contributed by atoms with Crippen molar-refractivity contribution in [1.82, 2.24) is 19.8 Å². The lowest BCUT2D eigenvalue weighted by Crippen LogP contribution is -2.38. The zero-order valence-corrected chi connectivity index (χ0v) is 18.6. The largest absolute Gasteiger partial charge is 0.385 e. The highest BCUT2D eigenvalue weighted by molar-refractivity contribution is 7.08. The topological polar surface area (TPSA) is 70.4 Å². The lowest BCUT2D eigenvalue weighted by atomic mass is 9.85. The van der Waals surface area contributed by atoms with Gasteiger partial charge in [-0.1, -0.05) is 12.7 Å². The minimum atomic E-state index is -0.632. The predicted octanol–water partition coefficient (Wildman–Crippen LogP) is 2.50. The van der Waals surface area contributed by atoms with Gasteiger partial charge in [0.2, 0.25) is 0 Å². The Morgan fingerprint density at radius 3 is 2.66 bits per heavy atom. The Kier molecular flexibility index (Phi) is 6.80. The normalized spacial score (nSPS) is 22.4. The third-order valence-corrected chi connectivity index (χ3v) is 6.67. The molecule has 3 rings (SSSR count). The second-order valence-corrected chi connectivity index (χ2v) is 8.98. The van der Waals surface area contributed by atoms with E-state index in [2.05, 4.69) is 21.8 Å². The minimum Gasteiger partial charge on any atom is -0.385 e. The number of carbonyl (C=O) groups is 1. The number of amides is 2. The Balaban J connectivity index is 1.93. The van der Waals surface area contributed by atoms with Crippen LogP contribution in [-0.4, -0.2) is 46.2 Å². The van der Waals surface area contributed by atoms with Gasteiger partial charge in [0.15, 0.2) is 0 Å². The fourth-order valence-electron chi connectivity index (χ4n) is 4.10. The van der Waals surface area contributed by atoms with Crippen molar-refractivity contribution in [2.75, 3.05) is 20.6 Å². The van der Waals surface area contributed by atoms with Gasteiger partial charge in [-0.15, -0.1) is 11.3 Å². The van der Waals surface area contributed by atoms with E-state index in [0.29, 0.717) is 12.5 Å². The molecule has 0 bridgehead atoms. The van der Waals surface area contributed by atoms with Gasteiger partial charge in [-0.3, -0.25) is 0 Å². The summed E-state index contributed by atoms with van der Waals surface area (Å²) in [7, 11) is 3.52. The number of carbonyl (C=O) groups excluding carboxylic acids is 1. The Bertz CT molecular complexity index is 1050. The Morgan fingerprint density at radius 1 is 1.45 bits per heavy atom. The number of imidazole rings is 1. The van der Waals surface area contributed by atoms with E-state index in [0.717, 1.165) is 52.0 Å². The van der Waals surface area contributed by atoms with Gasteiger partial charge in [-0.25, -0.2) is 9.78 Å². The van der Waals surface area contributed by atoms with E-state index in [1.165, 1.54) is 0 Å². The molecule has 2 aromatic heterocycles. The first-order chi connectivity index (χ1) is 13.8. The molecule has 0 saturated heterocycles. The molecular formula is C22H32N4O2S. The average molecular weight is 417 g/mol. The van der Waals surface area contributed by atoms with E-state index in [4.69, 9.17) is 4.98 Å². The molecule has 0 spiro atoms. The number of hydrogen-bond acceptors (Lipinski definition) is 4. The smallest absolute Gasteiger partial charge is 0.316 e. The maximum Gasteiger partial charge on any atom is 0.316 e. The number of aliphatic hydroxyl groups excluding tert-OH is 1. The van der Waals surface area contributed by atoms with Crippen molar-refractivity contribution >= 4 is 30.0 Å². The molecule has 158 valence electrons. The van der Waals surface area contributed by atoms with E-state index in [1.54, 1.807) is 37.3 Å². The van der Waals surface area contributed by atoms with E-state index >= 15 is 0 Å². The van der Waals surface area contributed by atoms with Crippen LogP contribution in [0.4, 0.5) is 4.79 Å². The molecule has 2 amide bonds. The van der Waals surface area contributed by atoms with Gasteiger partial charge in [0.25, 0.3) is 0 Å². The van der Waals surface area contributed by atoms with E-state index in [9.17, 15) is 9.90 Å². The zero-order chi connectivity index (χ0) is 21.1. The summed E-state index contributed by atoms with van der Waals surface area (Å²) in [5, 5.41) is 18.5. The van der Waals surface area contributed by atoms with Gasteiger partial charge in [-0.05, 0) is 62.1 Å².